The molecular weight excluding hydrogens is 386 g/mol. The van der Waals surface area contributed by atoms with Crippen molar-refractivity contribution in [3.05, 3.63) is 65.6 Å². The summed E-state index contributed by atoms with van der Waals surface area (Å²) in [5.41, 5.74) is 6.73. The Labute approximate surface area is 170 Å². The van der Waals surface area contributed by atoms with Crippen molar-refractivity contribution in [3.63, 3.8) is 0 Å². The van der Waals surface area contributed by atoms with E-state index in [1.54, 1.807) is 9.08 Å². The molecule has 29 heavy (non-hydrogen) atoms. The molecule has 0 aliphatic carbocycles. The molecule has 0 fully saturated rings. The maximum Gasteiger partial charge on any atom is 0.232 e. The highest BCUT2D eigenvalue weighted by atomic mass is 32.2. The van der Waals surface area contributed by atoms with Crippen LogP contribution in [-0.4, -0.2) is 33.8 Å². The molecule has 0 radical (unpaired) electrons. The summed E-state index contributed by atoms with van der Waals surface area (Å²) in [6, 6.07) is 14.8. The number of aromatic nitrogens is 4. The second-order valence-electron chi connectivity index (χ2n) is 7.32. The lowest BCUT2D eigenvalue weighted by molar-refractivity contribution is 0.583. The molecule has 4 rings (SSSR count). The number of hydrogen-bond donors (Lipinski definition) is 1. The highest BCUT2D eigenvalue weighted by Crippen LogP contribution is 2.26. The van der Waals surface area contributed by atoms with Crippen molar-refractivity contribution in [1.29, 1.82) is 0 Å². The number of aryl methyl sites for hydroxylation is 3. The van der Waals surface area contributed by atoms with Crippen LogP contribution in [0.2, 0.25) is 0 Å². The largest absolute Gasteiger partial charge is 0.299 e. The maximum absolute atomic E-state index is 11.3. The molecule has 7 nitrogen and oxygen atoms in total. The number of sulfonamides is 1. The summed E-state index contributed by atoms with van der Waals surface area (Å²) < 4.78 is 28.5. The van der Waals surface area contributed by atoms with E-state index in [9.17, 15) is 8.42 Å². The Morgan fingerprint density at radius 3 is 2.24 bits per heavy atom. The maximum atomic E-state index is 11.3. The third-order valence-electron chi connectivity index (χ3n) is 5.09. The molecular formula is C21H23N5O2S. The van der Waals surface area contributed by atoms with E-state index in [0.29, 0.717) is 11.6 Å². The van der Waals surface area contributed by atoms with E-state index in [4.69, 9.17) is 0 Å². The van der Waals surface area contributed by atoms with Gasteiger partial charge in [0.05, 0.1) is 24.7 Å². The molecule has 1 N–H and O–H groups in total. The zero-order chi connectivity index (χ0) is 20.8. The van der Waals surface area contributed by atoms with E-state index in [2.05, 4.69) is 71.1 Å². The molecule has 150 valence electrons. The van der Waals surface area contributed by atoms with Crippen LogP contribution in [0.1, 0.15) is 17.0 Å². The molecule has 0 spiro atoms. The Bertz CT molecular complexity index is 1300. The van der Waals surface area contributed by atoms with Crippen LogP contribution in [-0.2, 0) is 23.6 Å². The first kappa shape index (κ1) is 19.4. The zero-order valence-corrected chi connectivity index (χ0v) is 17.7. The van der Waals surface area contributed by atoms with Crippen molar-refractivity contribution in [2.45, 2.75) is 20.4 Å². The predicted molar refractivity (Wildman–Crippen MR) is 114 cm³/mol. The van der Waals surface area contributed by atoms with Crippen molar-refractivity contribution in [2.75, 3.05) is 6.26 Å². The van der Waals surface area contributed by atoms with Gasteiger partial charge in [-0.2, -0.15) is 5.10 Å². The molecule has 0 aliphatic rings. The molecule has 4 aromatic rings. The van der Waals surface area contributed by atoms with Gasteiger partial charge in [0.15, 0.2) is 0 Å². The molecule has 0 saturated carbocycles. The Morgan fingerprint density at radius 1 is 0.966 bits per heavy atom. The van der Waals surface area contributed by atoms with Gasteiger partial charge in [-0.15, -0.1) is 0 Å². The second-order valence-corrected chi connectivity index (χ2v) is 9.15. The van der Waals surface area contributed by atoms with E-state index in [-0.39, 0.29) is 6.54 Å². The van der Waals surface area contributed by atoms with Crippen LogP contribution in [0.3, 0.4) is 0 Å². The van der Waals surface area contributed by atoms with Crippen LogP contribution in [0.15, 0.2) is 48.7 Å². The van der Waals surface area contributed by atoms with Crippen molar-refractivity contribution < 1.29 is 8.42 Å². The fourth-order valence-corrected chi connectivity index (χ4v) is 3.60. The molecule has 0 unspecified atom stereocenters. The Morgan fingerprint density at radius 2 is 1.62 bits per heavy atom. The van der Waals surface area contributed by atoms with Gasteiger partial charge < -0.3 is 0 Å². The molecule has 2 heterocycles. The summed E-state index contributed by atoms with van der Waals surface area (Å²) in [6.45, 7) is 4.36. The van der Waals surface area contributed by atoms with Crippen molar-refractivity contribution >= 4 is 15.8 Å². The van der Waals surface area contributed by atoms with Crippen molar-refractivity contribution in [1.82, 2.24) is 23.9 Å². The van der Waals surface area contributed by atoms with Gasteiger partial charge in [0.2, 0.25) is 15.8 Å². The van der Waals surface area contributed by atoms with Gasteiger partial charge in [0.1, 0.15) is 5.82 Å². The summed E-state index contributed by atoms with van der Waals surface area (Å²) in [4.78, 5) is 4.66. The van der Waals surface area contributed by atoms with E-state index in [1.165, 1.54) is 16.7 Å². The highest BCUT2D eigenvalue weighted by molar-refractivity contribution is 7.88. The first-order chi connectivity index (χ1) is 13.7. The Hall–Kier alpha value is -2.97. The molecule has 0 aliphatic heterocycles. The zero-order valence-electron chi connectivity index (χ0n) is 16.8. The summed E-state index contributed by atoms with van der Waals surface area (Å²) in [5.74, 6) is 1.25. The van der Waals surface area contributed by atoms with E-state index in [0.717, 1.165) is 23.1 Å². The monoisotopic (exact) mass is 409 g/mol. The normalized spacial score (nSPS) is 12.0. The molecule has 0 saturated heterocycles. The summed E-state index contributed by atoms with van der Waals surface area (Å²) in [5, 5.41) is 4.43. The SMILES string of the molecule is Cc1ccc(-c2ccc(-c3cn4nc(CNS(C)(=O)=O)n(C)c4n3)cc2)cc1C. The second kappa shape index (κ2) is 7.13. The van der Waals surface area contributed by atoms with Gasteiger partial charge in [-0.3, -0.25) is 4.57 Å². The van der Waals surface area contributed by atoms with Crippen LogP contribution < -0.4 is 4.72 Å². The summed E-state index contributed by atoms with van der Waals surface area (Å²) in [6.07, 6.45) is 2.98. The highest BCUT2D eigenvalue weighted by Gasteiger charge is 2.14. The average Bonchev–Trinajstić information content (AvgIpc) is 3.21. The lowest BCUT2D eigenvalue weighted by Gasteiger charge is -2.06. The van der Waals surface area contributed by atoms with Crippen molar-refractivity contribution in [2.24, 2.45) is 7.05 Å². The predicted octanol–water partition coefficient (Wildman–Crippen LogP) is 3.07. The van der Waals surface area contributed by atoms with E-state index < -0.39 is 10.0 Å². The lowest BCUT2D eigenvalue weighted by Crippen LogP contribution is -2.23. The number of benzene rings is 2. The first-order valence-corrected chi connectivity index (χ1v) is 11.1. The molecule has 8 heteroatoms. The molecule has 2 aromatic carbocycles. The smallest absolute Gasteiger partial charge is 0.232 e. The topological polar surface area (TPSA) is 81.3 Å². The molecule has 2 aromatic heterocycles. The minimum atomic E-state index is -3.28. The Balaban J connectivity index is 1.60. The summed E-state index contributed by atoms with van der Waals surface area (Å²) in [7, 11) is -1.46. The quantitative estimate of drug-likeness (QED) is 0.549. The number of imidazole rings is 1. The van der Waals surface area contributed by atoms with Crippen LogP contribution in [0.25, 0.3) is 28.2 Å². The van der Waals surface area contributed by atoms with Gasteiger partial charge in [-0.05, 0) is 36.1 Å². The first-order valence-electron chi connectivity index (χ1n) is 9.25. The van der Waals surface area contributed by atoms with Crippen LogP contribution >= 0.6 is 0 Å². The number of hydrogen-bond acceptors (Lipinski definition) is 4. The molecule has 0 amide bonds. The fraction of sp³-hybridized carbons (Fsp3) is 0.238. The number of fused-ring (bicyclic) bond motifs is 1. The standard InChI is InChI=1S/C21H23N5O2S/c1-14-5-6-18(11-15(14)2)16-7-9-17(10-8-16)19-13-26-21(23-19)25(3)20(24-26)12-22-29(4,27)28/h5-11,13,22H,12H2,1-4H3. The van der Waals surface area contributed by atoms with Gasteiger partial charge >= 0.3 is 0 Å². The third kappa shape index (κ3) is 3.94. The Kier molecular flexibility index (Phi) is 4.76. The van der Waals surface area contributed by atoms with Gasteiger partial charge in [-0.1, -0.05) is 42.5 Å². The lowest BCUT2D eigenvalue weighted by atomic mass is 9.99. The number of nitrogens with zero attached hydrogens (tertiary/aromatic N) is 4. The number of nitrogens with one attached hydrogen (secondary N) is 1. The van der Waals surface area contributed by atoms with E-state index >= 15 is 0 Å². The molecule has 0 atom stereocenters. The van der Waals surface area contributed by atoms with Gasteiger partial charge in [-0.25, -0.2) is 22.6 Å². The minimum absolute atomic E-state index is 0.124. The summed E-state index contributed by atoms with van der Waals surface area (Å²) >= 11 is 0. The van der Waals surface area contributed by atoms with Crippen LogP contribution in [0, 0.1) is 13.8 Å². The van der Waals surface area contributed by atoms with Crippen LogP contribution in [0.4, 0.5) is 0 Å². The van der Waals surface area contributed by atoms with Crippen molar-refractivity contribution in [3.8, 4) is 22.4 Å². The van der Waals surface area contributed by atoms with Gasteiger partial charge in [0.25, 0.3) is 0 Å². The average molecular weight is 410 g/mol. The third-order valence-corrected chi connectivity index (χ3v) is 5.76. The van der Waals surface area contributed by atoms with Crippen LogP contribution in [0.5, 0.6) is 0 Å². The van der Waals surface area contributed by atoms with Gasteiger partial charge in [0, 0.05) is 12.6 Å². The fourth-order valence-electron chi connectivity index (χ4n) is 3.21. The van der Waals surface area contributed by atoms with E-state index in [1.807, 2.05) is 13.2 Å². The number of rotatable bonds is 5. The molecule has 0 bridgehead atoms. The minimum Gasteiger partial charge on any atom is -0.299 e.